The fraction of sp³-hybridized carbons (Fsp3) is 0.375. The van der Waals surface area contributed by atoms with Gasteiger partial charge < -0.3 is 5.32 Å². The highest BCUT2D eigenvalue weighted by Gasteiger charge is 2.15. The van der Waals surface area contributed by atoms with Crippen molar-refractivity contribution in [3.8, 4) is 0 Å². The molecular formula is C16H19Br2NS. The second-order valence-electron chi connectivity index (χ2n) is 4.70. The number of halogens is 2. The molecule has 0 saturated heterocycles. The number of benzene rings is 1. The summed E-state index contributed by atoms with van der Waals surface area (Å²) >= 11 is 9.13. The molecule has 1 N–H and O–H groups in total. The highest BCUT2D eigenvalue weighted by Crippen LogP contribution is 2.30. The fourth-order valence-corrected chi connectivity index (χ4v) is 4.57. The third kappa shape index (κ3) is 4.17. The van der Waals surface area contributed by atoms with Crippen LogP contribution in [-0.4, -0.2) is 6.54 Å². The van der Waals surface area contributed by atoms with Gasteiger partial charge in [0.05, 0.1) is 0 Å². The van der Waals surface area contributed by atoms with Crippen molar-refractivity contribution >= 4 is 43.2 Å². The second kappa shape index (κ2) is 7.74. The van der Waals surface area contributed by atoms with E-state index >= 15 is 0 Å². The summed E-state index contributed by atoms with van der Waals surface area (Å²) in [6.45, 7) is 5.34. The van der Waals surface area contributed by atoms with Crippen LogP contribution in [0.1, 0.15) is 35.2 Å². The molecule has 1 nitrogen and oxygen atoms in total. The van der Waals surface area contributed by atoms with E-state index in [-0.39, 0.29) is 0 Å². The van der Waals surface area contributed by atoms with Crippen LogP contribution in [0.3, 0.4) is 0 Å². The van der Waals surface area contributed by atoms with Crippen molar-refractivity contribution in [3.05, 3.63) is 54.6 Å². The first-order valence-corrected chi connectivity index (χ1v) is 9.30. The van der Waals surface area contributed by atoms with E-state index in [4.69, 9.17) is 0 Å². The number of hydrogen-bond acceptors (Lipinski definition) is 2. The fourth-order valence-electron chi connectivity index (χ4n) is 2.25. The van der Waals surface area contributed by atoms with Gasteiger partial charge in [-0.25, -0.2) is 0 Å². The first kappa shape index (κ1) is 16.2. The lowest BCUT2D eigenvalue weighted by Crippen LogP contribution is -2.23. The summed E-state index contributed by atoms with van der Waals surface area (Å²) in [5.74, 6) is 0. The Hall–Kier alpha value is -0.160. The molecule has 0 bridgehead atoms. The van der Waals surface area contributed by atoms with Crippen LogP contribution in [0.15, 0.2) is 39.3 Å². The van der Waals surface area contributed by atoms with Crippen molar-refractivity contribution in [3.63, 3.8) is 0 Å². The number of thiophene rings is 1. The minimum Gasteiger partial charge on any atom is -0.310 e. The third-order valence-electron chi connectivity index (χ3n) is 3.26. The highest BCUT2D eigenvalue weighted by atomic mass is 79.9. The summed E-state index contributed by atoms with van der Waals surface area (Å²) in [7, 11) is 0. The molecule has 0 radical (unpaired) electrons. The lowest BCUT2D eigenvalue weighted by atomic mass is 10.0. The molecule has 0 aliphatic carbocycles. The van der Waals surface area contributed by atoms with E-state index in [0.29, 0.717) is 6.04 Å². The molecule has 1 aromatic carbocycles. The first-order chi connectivity index (χ1) is 9.63. The molecule has 0 aliphatic heterocycles. The molecule has 0 amide bonds. The van der Waals surface area contributed by atoms with Gasteiger partial charge >= 0.3 is 0 Å². The maximum absolute atomic E-state index is 3.68. The number of likely N-dealkylation sites (N-methyl/N-ethyl adjacent to an activating group) is 1. The largest absolute Gasteiger partial charge is 0.310 e. The molecule has 1 atom stereocenters. The Labute approximate surface area is 142 Å². The topological polar surface area (TPSA) is 12.0 Å². The van der Waals surface area contributed by atoms with E-state index in [2.05, 4.69) is 81.4 Å². The molecule has 108 valence electrons. The van der Waals surface area contributed by atoms with Crippen LogP contribution >= 0.6 is 43.2 Å². The summed E-state index contributed by atoms with van der Waals surface area (Å²) in [6, 6.07) is 11.3. The molecule has 0 saturated carbocycles. The summed E-state index contributed by atoms with van der Waals surface area (Å²) in [5, 5.41) is 3.60. The number of hydrogen-bond donors (Lipinski definition) is 1. The lowest BCUT2D eigenvalue weighted by Gasteiger charge is -2.19. The first-order valence-electron chi connectivity index (χ1n) is 6.90. The van der Waals surface area contributed by atoms with Gasteiger partial charge in [-0.05, 0) is 42.8 Å². The van der Waals surface area contributed by atoms with E-state index in [1.807, 2.05) is 11.3 Å². The van der Waals surface area contributed by atoms with Crippen molar-refractivity contribution in [2.75, 3.05) is 6.54 Å². The van der Waals surface area contributed by atoms with Gasteiger partial charge in [-0.15, -0.1) is 11.3 Å². The summed E-state index contributed by atoms with van der Waals surface area (Å²) in [6.07, 6.45) is 2.16. The SMILES string of the molecule is CCNC(Cc1ccc(CC)s1)c1ccc(Br)cc1Br. The molecule has 0 fully saturated rings. The normalized spacial score (nSPS) is 12.6. The van der Waals surface area contributed by atoms with Crippen molar-refractivity contribution in [1.82, 2.24) is 5.32 Å². The minimum absolute atomic E-state index is 0.353. The predicted molar refractivity (Wildman–Crippen MR) is 95.7 cm³/mol. The quantitative estimate of drug-likeness (QED) is 0.633. The average Bonchev–Trinajstić information content (AvgIpc) is 2.86. The Morgan fingerprint density at radius 3 is 2.45 bits per heavy atom. The van der Waals surface area contributed by atoms with Gasteiger partial charge in [-0.1, -0.05) is 51.8 Å². The second-order valence-corrected chi connectivity index (χ2v) is 7.72. The van der Waals surface area contributed by atoms with Crippen molar-refractivity contribution < 1.29 is 0 Å². The summed E-state index contributed by atoms with van der Waals surface area (Å²) in [5.41, 5.74) is 1.32. The van der Waals surface area contributed by atoms with E-state index in [1.54, 1.807) is 0 Å². The van der Waals surface area contributed by atoms with Crippen LogP contribution in [0.4, 0.5) is 0 Å². The van der Waals surface area contributed by atoms with Crippen LogP contribution in [0.2, 0.25) is 0 Å². The van der Waals surface area contributed by atoms with Gasteiger partial charge in [0.25, 0.3) is 0 Å². The molecule has 1 heterocycles. The maximum atomic E-state index is 3.68. The molecule has 1 aromatic heterocycles. The van der Waals surface area contributed by atoms with Gasteiger partial charge in [0.15, 0.2) is 0 Å². The van der Waals surface area contributed by atoms with E-state index in [1.165, 1.54) is 15.3 Å². The summed E-state index contributed by atoms with van der Waals surface area (Å²) < 4.78 is 2.26. The standard InChI is InChI=1S/C16H19Br2NS/c1-3-12-6-7-13(20-12)10-16(19-4-2)14-8-5-11(17)9-15(14)18/h5-9,16,19H,3-4,10H2,1-2H3. The molecular weight excluding hydrogens is 398 g/mol. The Kier molecular flexibility index (Phi) is 6.27. The van der Waals surface area contributed by atoms with Gasteiger partial charge in [-0.3, -0.25) is 0 Å². The van der Waals surface area contributed by atoms with Crippen LogP contribution in [-0.2, 0) is 12.8 Å². The Morgan fingerprint density at radius 2 is 1.85 bits per heavy atom. The van der Waals surface area contributed by atoms with Gasteiger partial charge in [-0.2, -0.15) is 0 Å². The van der Waals surface area contributed by atoms with Crippen molar-refractivity contribution in [2.45, 2.75) is 32.7 Å². The number of rotatable bonds is 6. The van der Waals surface area contributed by atoms with Crippen molar-refractivity contribution in [1.29, 1.82) is 0 Å². The van der Waals surface area contributed by atoms with Crippen LogP contribution in [0.5, 0.6) is 0 Å². The van der Waals surface area contributed by atoms with Gasteiger partial charge in [0, 0.05) is 31.2 Å². The zero-order chi connectivity index (χ0) is 14.5. The average molecular weight is 417 g/mol. The zero-order valence-electron chi connectivity index (χ0n) is 11.7. The van der Waals surface area contributed by atoms with E-state index in [0.717, 1.165) is 28.3 Å². The lowest BCUT2D eigenvalue weighted by molar-refractivity contribution is 0.551. The molecule has 20 heavy (non-hydrogen) atoms. The summed E-state index contributed by atoms with van der Waals surface area (Å²) in [4.78, 5) is 2.91. The van der Waals surface area contributed by atoms with Crippen molar-refractivity contribution in [2.24, 2.45) is 0 Å². The molecule has 0 aliphatic rings. The molecule has 4 heteroatoms. The van der Waals surface area contributed by atoms with Crippen LogP contribution < -0.4 is 5.32 Å². The smallest absolute Gasteiger partial charge is 0.0379 e. The minimum atomic E-state index is 0.353. The Balaban J connectivity index is 2.21. The zero-order valence-corrected chi connectivity index (χ0v) is 15.7. The van der Waals surface area contributed by atoms with E-state index < -0.39 is 0 Å². The Morgan fingerprint density at radius 1 is 1.10 bits per heavy atom. The van der Waals surface area contributed by atoms with E-state index in [9.17, 15) is 0 Å². The molecule has 2 rings (SSSR count). The molecule has 1 unspecified atom stereocenters. The Bertz CT molecular complexity index is 565. The monoisotopic (exact) mass is 415 g/mol. The number of aryl methyl sites for hydroxylation is 1. The van der Waals surface area contributed by atoms with Crippen LogP contribution in [0.25, 0.3) is 0 Å². The predicted octanol–water partition coefficient (Wildman–Crippen LogP) is 5.73. The number of nitrogens with one attached hydrogen (secondary N) is 1. The van der Waals surface area contributed by atoms with Gasteiger partial charge in [0.2, 0.25) is 0 Å². The third-order valence-corrected chi connectivity index (χ3v) is 5.69. The highest BCUT2D eigenvalue weighted by molar-refractivity contribution is 9.11. The molecule has 2 aromatic rings. The molecule has 0 spiro atoms. The van der Waals surface area contributed by atoms with Gasteiger partial charge in [0.1, 0.15) is 0 Å². The maximum Gasteiger partial charge on any atom is 0.0379 e. The van der Waals surface area contributed by atoms with Crippen LogP contribution in [0, 0.1) is 0 Å².